The molecule has 172 valence electrons. The van der Waals surface area contributed by atoms with Crippen LogP contribution in [0.15, 0.2) is 0 Å². The molecular formula is C23H36N4O4. The van der Waals surface area contributed by atoms with Gasteiger partial charge in [-0.3, -0.25) is 9.59 Å². The molecule has 2 N–H and O–H groups in total. The van der Waals surface area contributed by atoms with Gasteiger partial charge in [0.25, 0.3) is 5.91 Å². The highest BCUT2D eigenvalue weighted by Crippen LogP contribution is 2.23. The summed E-state index contributed by atoms with van der Waals surface area (Å²) in [6.07, 6.45) is 5.36. The van der Waals surface area contributed by atoms with Gasteiger partial charge < -0.3 is 24.8 Å². The minimum Gasteiger partial charge on any atom is -0.462 e. The Morgan fingerprint density at radius 1 is 1.10 bits per heavy atom. The molecule has 2 aliphatic heterocycles. The summed E-state index contributed by atoms with van der Waals surface area (Å²) in [6, 6.07) is 0. The Morgan fingerprint density at radius 3 is 2.55 bits per heavy atom. The third-order valence-electron chi connectivity index (χ3n) is 6.39. The minimum atomic E-state index is -0.419. The molecule has 0 spiro atoms. The smallest absolute Gasteiger partial charge is 0.340 e. The first-order chi connectivity index (χ1) is 14.9. The summed E-state index contributed by atoms with van der Waals surface area (Å²) in [5.41, 5.74) is 2.07. The van der Waals surface area contributed by atoms with E-state index in [-0.39, 0.29) is 24.3 Å². The van der Waals surface area contributed by atoms with Crippen LogP contribution >= 0.6 is 0 Å². The van der Waals surface area contributed by atoms with Crippen molar-refractivity contribution in [2.24, 2.45) is 5.92 Å². The van der Waals surface area contributed by atoms with E-state index in [1.165, 1.54) is 19.3 Å². The molecule has 3 heterocycles. The van der Waals surface area contributed by atoms with Gasteiger partial charge in [0.05, 0.1) is 18.1 Å². The Morgan fingerprint density at radius 2 is 1.84 bits per heavy atom. The fourth-order valence-corrected chi connectivity index (χ4v) is 4.67. The van der Waals surface area contributed by atoms with Crippen molar-refractivity contribution in [3.05, 3.63) is 22.5 Å². The molecule has 2 fully saturated rings. The highest BCUT2D eigenvalue weighted by Gasteiger charge is 2.31. The molecule has 0 aliphatic carbocycles. The molecule has 1 aromatic heterocycles. The number of carbonyl (C=O) groups excluding carboxylic acids is 3. The van der Waals surface area contributed by atoms with Gasteiger partial charge >= 0.3 is 5.97 Å². The van der Waals surface area contributed by atoms with Crippen molar-refractivity contribution < 1.29 is 19.1 Å². The zero-order chi connectivity index (χ0) is 22.4. The van der Waals surface area contributed by atoms with Crippen molar-refractivity contribution in [3.63, 3.8) is 0 Å². The van der Waals surface area contributed by atoms with Gasteiger partial charge in [-0.25, -0.2) is 4.79 Å². The first kappa shape index (κ1) is 23.3. The van der Waals surface area contributed by atoms with Gasteiger partial charge in [-0.1, -0.05) is 6.42 Å². The van der Waals surface area contributed by atoms with E-state index in [4.69, 9.17) is 4.74 Å². The zero-order valence-electron chi connectivity index (χ0n) is 19.1. The van der Waals surface area contributed by atoms with Crippen molar-refractivity contribution in [3.8, 4) is 0 Å². The minimum absolute atomic E-state index is 0.0288. The van der Waals surface area contributed by atoms with E-state index in [1.807, 2.05) is 0 Å². The van der Waals surface area contributed by atoms with Crippen molar-refractivity contribution in [1.82, 2.24) is 20.1 Å². The molecule has 8 nitrogen and oxygen atoms in total. The van der Waals surface area contributed by atoms with Gasteiger partial charge in [-0.15, -0.1) is 0 Å². The third-order valence-corrected chi connectivity index (χ3v) is 6.39. The molecule has 0 radical (unpaired) electrons. The first-order valence-electron chi connectivity index (χ1n) is 11.6. The lowest BCUT2D eigenvalue weighted by Gasteiger charge is -2.32. The fraction of sp³-hybridized carbons (Fsp3) is 0.696. The first-order valence-corrected chi connectivity index (χ1v) is 11.6. The summed E-state index contributed by atoms with van der Waals surface area (Å²) < 4.78 is 5.12. The van der Waals surface area contributed by atoms with Gasteiger partial charge in [0, 0.05) is 31.9 Å². The predicted molar refractivity (Wildman–Crippen MR) is 118 cm³/mol. The number of aromatic nitrogens is 1. The van der Waals surface area contributed by atoms with E-state index in [9.17, 15) is 14.4 Å². The van der Waals surface area contributed by atoms with Crippen LogP contribution in [0.25, 0.3) is 0 Å². The lowest BCUT2D eigenvalue weighted by Crippen LogP contribution is -2.47. The molecule has 3 rings (SSSR count). The van der Waals surface area contributed by atoms with Crippen molar-refractivity contribution in [1.29, 1.82) is 0 Å². The number of esters is 1. The van der Waals surface area contributed by atoms with Crippen molar-refractivity contribution in [2.75, 3.05) is 45.9 Å². The van der Waals surface area contributed by atoms with Crippen LogP contribution in [0.1, 0.15) is 71.1 Å². The number of amides is 2. The number of carbonyl (C=O) groups is 3. The Hall–Kier alpha value is -2.35. The lowest BCUT2D eigenvalue weighted by molar-refractivity contribution is -0.126. The summed E-state index contributed by atoms with van der Waals surface area (Å²) in [5.74, 6) is -0.750. The van der Waals surface area contributed by atoms with E-state index in [2.05, 4.69) is 15.2 Å². The number of aryl methyl sites for hydroxylation is 1. The summed E-state index contributed by atoms with van der Waals surface area (Å²) in [6.45, 7) is 10.4. The van der Waals surface area contributed by atoms with Crippen LogP contribution in [0.4, 0.5) is 0 Å². The second kappa shape index (κ2) is 10.8. The molecule has 2 amide bonds. The highest BCUT2D eigenvalue weighted by atomic mass is 16.5. The van der Waals surface area contributed by atoms with Crippen LogP contribution in [-0.2, 0) is 9.53 Å². The van der Waals surface area contributed by atoms with Gasteiger partial charge in [0.1, 0.15) is 5.69 Å². The van der Waals surface area contributed by atoms with Crippen LogP contribution in [0, 0.1) is 19.8 Å². The highest BCUT2D eigenvalue weighted by molar-refractivity contribution is 6.00. The molecule has 1 atom stereocenters. The molecule has 2 aliphatic rings. The third kappa shape index (κ3) is 5.67. The van der Waals surface area contributed by atoms with E-state index in [0.29, 0.717) is 42.1 Å². The van der Waals surface area contributed by atoms with E-state index in [0.717, 1.165) is 32.5 Å². The largest absolute Gasteiger partial charge is 0.462 e. The molecule has 8 heteroatoms. The number of likely N-dealkylation sites (tertiary alicyclic amines) is 2. The molecular weight excluding hydrogens is 396 g/mol. The monoisotopic (exact) mass is 432 g/mol. The summed E-state index contributed by atoms with van der Waals surface area (Å²) in [7, 11) is 0. The second-order valence-electron chi connectivity index (χ2n) is 8.63. The van der Waals surface area contributed by atoms with Gasteiger partial charge in [-0.05, 0) is 65.1 Å². The normalized spacial score (nSPS) is 19.8. The number of ether oxygens (including phenoxy) is 1. The maximum absolute atomic E-state index is 13.2. The number of nitrogens with zero attached hydrogens (tertiary/aromatic N) is 2. The molecule has 0 saturated carbocycles. The fourth-order valence-electron chi connectivity index (χ4n) is 4.67. The summed E-state index contributed by atoms with van der Waals surface area (Å²) in [4.78, 5) is 45.3. The molecule has 2 saturated heterocycles. The maximum Gasteiger partial charge on any atom is 0.340 e. The molecule has 0 unspecified atom stereocenters. The van der Waals surface area contributed by atoms with Crippen LogP contribution in [0.5, 0.6) is 0 Å². The standard InChI is InChI=1S/C23H36N4O4/c1-4-31-23(30)19-16(2)20(25-17(19)3)22(29)27-13-8-9-18(15-27)21(28)24-10-14-26-11-6-5-7-12-26/h18,25H,4-15H2,1-3H3,(H,24,28)/t18-/m1/s1. The number of piperidine rings is 2. The van der Waals surface area contributed by atoms with E-state index < -0.39 is 5.97 Å². The number of hydrogen-bond acceptors (Lipinski definition) is 5. The molecule has 31 heavy (non-hydrogen) atoms. The number of nitrogens with one attached hydrogen (secondary N) is 2. The molecule has 1 aromatic rings. The van der Waals surface area contributed by atoms with E-state index in [1.54, 1.807) is 25.7 Å². The Bertz CT molecular complexity index is 798. The molecule has 0 aromatic carbocycles. The topological polar surface area (TPSA) is 94.7 Å². The van der Waals surface area contributed by atoms with Crippen LogP contribution in [0.2, 0.25) is 0 Å². The summed E-state index contributed by atoms with van der Waals surface area (Å²) in [5, 5.41) is 3.06. The van der Waals surface area contributed by atoms with Crippen molar-refractivity contribution in [2.45, 2.75) is 52.9 Å². The lowest BCUT2D eigenvalue weighted by atomic mass is 9.96. The second-order valence-corrected chi connectivity index (χ2v) is 8.63. The van der Waals surface area contributed by atoms with Crippen molar-refractivity contribution >= 4 is 17.8 Å². The number of rotatable bonds is 7. The van der Waals surface area contributed by atoms with Crippen LogP contribution in [0.3, 0.4) is 0 Å². The summed E-state index contributed by atoms with van der Waals surface area (Å²) >= 11 is 0. The Balaban J connectivity index is 1.57. The number of aromatic amines is 1. The quantitative estimate of drug-likeness (QED) is 0.645. The maximum atomic E-state index is 13.2. The van der Waals surface area contributed by atoms with E-state index >= 15 is 0 Å². The average molecular weight is 433 g/mol. The number of H-pyrrole nitrogens is 1. The Labute approximate surface area is 184 Å². The SMILES string of the molecule is CCOC(=O)c1c(C)[nH]c(C(=O)N2CCC[C@@H](C(=O)NCCN3CCCCC3)C2)c1C. The average Bonchev–Trinajstić information content (AvgIpc) is 3.08. The molecule has 0 bridgehead atoms. The zero-order valence-corrected chi connectivity index (χ0v) is 19.1. The van der Waals surface area contributed by atoms with Gasteiger partial charge in [0.15, 0.2) is 0 Å². The van der Waals surface area contributed by atoms with Crippen LogP contribution in [-0.4, -0.2) is 78.4 Å². The predicted octanol–water partition coefficient (Wildman–Crippen LogP) is 2.26. The number of hydrogen-bond donors (Lipinski definition) is 2. The Kier molecular flexibility index (Phi) is 8.12. The van der Waals surface area contributed by atoms with Gasteiger partial charge in [0.2, 0.25) is 5.91 Å². The van der Waals surface area contributed by atoms with Crippen LogP contribution < -0.4 is 5.32 Å². The van der Waals surface area contributed by atoms with Gasteiger partial charge in [-0.2, -0.15) is 0 Å².